The number of nitrogens with zero attached hydrogens (tertiary/aromatic N) is 1. The van der Waals surface area contributed by atoms with E-state index in [1.165, 1.54) is 6.20 Å². The molecule has 5 nitrogen and oxygen atoms in total. The standard InChI is InChI=1S/C20H16N2O3/c23-18(17-12-21-11-15-7-3-4-8-16(15)17)22-20(19(24)25)9-13-5-1-2-6-14(13)10-20/h1-8,11-12H,9-10H2,(H,22,23)(H,24,25). The zero-order chi connectivity index (χ0) is 17.4. The van der Waals surface area contributed by atoms with Crippen LogP contribution in [-0.2, 0) is 17.6 Å². The van der Waals surface area contributed by atoms with Gasteiger partial charge in [0.2, 0.25) is 0 Å². The first-order chi connectivity index (χ1) is 12.1. The van der Waals surface area contributed by atoms with Crippen molar-refractivity contribution < 1.29 is 14.7 Å². The zero-order valence-corrected chi connectivity index (χ0v) is 13.4. The third kappa shape index (κ3) is 2.54. The lowest BCUT2D eigenvalue weighted by Gasteiger charge is -2.25. The van der Waals surface area contributed by atoms with Crippen molar-refractivity contribution in [3.05, 3.63) is 77.6 Å². The lowest BCUT2D eigenvalue weighted by atomic mass is 9.95. The van der Waals surface area contributed by atoms with Crippen molar-refractivity contribution in [1.29, 1.82) is 0 Å². The Bertz CT molecular complexity index is 967. The van der Waals surface area contributed by atoms with Crippen LogP contribution < -0.4 is 5.32 Å². The van der Waals surface area contributed by atoms with Gasteiger partial charge < -0.3 is 10.4 Å². The van der Waals surface area contributed by atoms with E-state index in [0.717, 1.165) is 21.9 Å². The fourth-order valence-corrected chi connectivity index (χ4v) is 3.49. The van der Waals surface area contributed by atoms with Gasteiger partial charge in [-0.15, -0.1) is 0 Å². The van der Waals surface area contributed by atoms with Crippen LogP contribution in [0, 0.1) is 0 Å². The van der Waals surface area contributed by atoms with Crippen LogP contribution in [0.15, 0.2) is 60.9 Å². The number of fused-ring (bicyclic) bond motifs is 2. The monoisotopic (exact) mass is 332 g/mol. The number of carboxylic acid groups (broad SMARTS) is 1. The van der Waals surface area contributed by atoms with Crippen LogP contribution in [-0.4, -0.2) is 27.5 Å². The summed E-state index contributed by atoms with van der Waals surface area (Å²) in [6.45, 7) is 0. The Hall–Kier alpha value is -3.21. The van der Waals surface area contributed by atoms with Gasteiger partial charge in [-0.25, -0.2) is 4.79 Å². The molecule has 0 aliphatic heterocycles. The Morgan fingerprint density at radius 2 is 1.60 bits per heavy atom. The van der Waals surface area contributed by atoms with Gasteiger partial charge >= 0.3 is 5.97 Å². The lowest BCUT2D eigenvalue weighted by Crippen LogP contribution is -2.55. The molecular formula is C20H16N2O3. The topological polar surface area (TPSA) is 79.3 Å². The van der Waals surface area contributed by atoms with Crippen molar-refractivity contribution in [3.8, 4) is 0 Å². The van der Waals surface area contributed by atoms with Crippen LogP contribution in [0.4, 0.5) is 0 Å². The fourth-order valence-electron chi connectivity index (χ4n) is 3.49. The number of carboxylic acids is 1. The summed E-state index contributed by atoms with van der Waals surface area (Å²) in [6, 6.07) is 15.0. The van der Waals surface area contributed by atoms with Gasteiger partial charge in [-0.1, -0.05) is 48.5 Å². The molecule has 124 valence electrons. The molecule has 0 saturated carbocycles. The summed E-state index contributed by atoms with van der Waals surface area (Å²) in [5, 5.41) is 14.2. The SMILES string of the molecule is O=C(NC1(C(=O)O)Cc2ccccc2C1)c1cncc2ccccc12. The Morgan fingerprint density at radius 3 is 2.28 bits per heavy atom. The highest BCUT2D eigenvalue weighted by atomic mass is 16.4. The summed E-state index contributed by atoms with van der Waals surface area (Å²) in [5.41, 5.74) is 0.981. The molecule has 0 radical (unpaired) electrons. The maximum atomic E-state index is 12.9. The molecule has 3 aromatic rings. The smallest absolute Gasteiger partial charge is 0.330 e. The Kier molecular flexibility index (Phi) is 3.50. The van der Waals surface area contributed by atoms with Crippen LogP contribution >= 0.6 is 0 Å². The van der Waals surface area contributed by atoms with Gasteiger partial charge in [-0.05, 0) is 16.5 Å². The van der Waals surface area contributed by atoms with Crippen LogP contribution in [0.3, 0.4) is 0 Å². The third-order valence-electron chi connectivity index (χ3n) is 4.78. The minimum atomic E-state index is -1.32. The largest absolute Gasteiger partial charge is 0.479 e. The first kappa shape index (κ1) is 15.3. The van der Waals surface area contributed by atoms with E-state index in [-0.39, 0.29) is 12.8 Å². The number of benzene rings is 2. The van der Waals surface area contributed by atoms with Crippen molar-refractivity contribution in [1.82, 2.24) is 10.3 Å². The van der Waals surface area contributed by atoms with Crippen molar-refractivity contribution in [2.45, 2.75) is 18.4 Å². The molecule has 1 aliphatic rings. The molecule has 1 aliphatic carbocycles. The summed E-state index contributed by atoms with van der Waals surface area (Å²) in [5.74, 6) is -1.44. The predicted octanol–water partition coefficient (Wildman–Crippen LogP) is 2.59. The molecule has 5 heteroatoms. The molecule has 0 unspecified atom stereocenters. The second-order valence-corrected chi connectivity index (χ2v) is 6.37. The molecule has 2 aromatic carbocycles. The predicted molar refractivity (Wildman–Crippen MR) is 93.4 cm³/mol. The van der Waals surface area contributed by atoms with Gasteiger partial charge in [0.1, 0.15) is 5.54 Å². The highest BCUT2D eigenvalue weighted by Gasteiger charge is 2.45. The average molecular weight is 332 g/mol. The number of rotatable bonds is 3. The number of aromatic nitrogens is 1. The minimum absolute atomic E-state index is 0.280. The van der Waals surface area contributed by atoms with Gasteiger partial charge in [0.05, 0.1) is 5.56 Å². The van der Waals surface area contributed by atoms with E-state index in [1.54, 1.807) is 6.20 Å². The van der Waals surface area contributed by atoms with E-state index in [4.69, 9.17) is 0 Å². The minimum Gasteiger partial charge on any atom is -0.479 e. The maximum Gasteiger partial charge on any atom is 0.330 e. The molecule has 25 heavy (non-hydrogen) atoms. The van der Waals surface area contributed by atoms with Crippen LogP contribution in [0.25, 0.3) is 10.8 Å². The van der Waals surface area contributed by atoms with Crippen molar-refractivity contribution in [2.75, 3.05) is 0 Å². The van der Waals surface area contributed by atoms with E-state index >= 15 is 0 Å². The van der Waals surface area contributed by atoms with E-state index < -0.39 is 17.4 Å². The molecule has 0 bridgehead atoms. The second-order valence-electron chi connectivity index (χ2n) is 6.37. The van der Waals surface area contributed by atoms with Gasteiger partial charge in [0, 0.05) is 30.6 Å². The average Bonchev–Trinajstić information content (AvgIpc) is 3.00. The lowest BCUT2D eigenvalue weighted by molar-refractivity contribution is -0.144. The van der Waals surface area contributed by atoms with Gasteiger partial charge in [0.25, 0.3) is 5.91 Å². The molecular weight excluding hydrogens is 316 g/mol. The van der Waals surface area contributed by atoms with Crippen molar-refractivity contribution in [3.63, 3.8) is 0 Å². The Morgan fingerprint density at radius 1 is 0.960 bits per heavy atom. The number of aliphatic carboxylic acids is 1. The van der Waals surface area contributed by atoms with Crippen LogP contribution in [0.2, 0.25) is 0 Å². The first-order valence-corrected chi connectivity index (χ1v) is 8.04. The third-order valence-corrected chi connectivity index (χ3v) is 4.78. The fraction of sp³-hybridized carbons (Fsp3) is 0.150. The van der Waals surface area contributed by atoms with Crippen molar-refractivity contribution in [2.24, 2.45) is 0 Å². The highest BCUT2D eigenvalue weighted by Crippen LogP contribution is 2.31. The summed E-state index contributed by atoms with van der Waals surface area (Å²) >= 11 is 0. The summed E-state index contributed by atoms with van der Waals surface area (Å²) in [4.78, 5) is 29.0. The molecule has 2 N–H and O–H groups in total. The van der Waals surface area contributed by atoms with Crippen LogP contribution in [0.5, 0.6) is 0 Å². The van der Waals surface area contributed by atoms with E-state index in [9.17, 15) is 14.7 Å². The molecule has 0 atom stereocenters. The molecule has 1 amide bonds. The molecule has 4 rings (SSSR count). The molecule has 0 saturated heterocycles. The normalized spacial score (nSPS) is 14.9. The number of nitrogens with one attached hydrogen (secondary N) is 1. The Labute approximate surface area is 144 Å². The van der Waals surface area contributed by atoms with Gasteiger partial charge in [-0.3, -0.25) is 9.78 Å². The second kappa shape index (κ2) is 5.70. The quantitative estimate of drug-likeness (QED) is 0.773. The molecule has 0 spiro atoms. The number of carbonyl (C=O) groups excluding carboxylic acids is 1. The van der Waals surface area contributed by atoms with E-state index in [1.807, 2.05) is 48.5 Å². The Balaban J connectivity index is 1.70. The summed E-state index contributed by atoms with van der Waals surface area (Å²) in [7, 11) is 0. The van der Waals surface area contributed by atoms with Gasteiger partial charge in [0.15, 0.2) is 0 Å². The zero-order valence-electron chi connectivity index (χ0n) is 13.4. The number of hydrogen-bond acceptors (Lipinski definition) is 3. The summed E-state index contributed by atoms with van der Waals surface area (Å²) < 4.78 is 0. The molecule has 1 aromatic heterocycles. The van der Waals surface area contributed by atoms with Crippen LogP contribution in [0.1, 0.15) is 21.5 Å². The summed E-state index contributed by atoms with van der Waals surface area (Å²) in [6.07, 6.45) is 3.73. The van der Waals surface area contributed by atoms with Gasteiger partial charge in [-0.2, -0.15) is 0 Å². The number of amides is 1. The maximum absolute atomic E-state index is 12.9. The highest BCUT2D eigenvalue weighted by molar-refractivity contribution is 6.08. The number of pyridine rings is 1. The molecule has 0 fully saturated rings. The number of carbonyl (C=O) groups is 2. The van der Waals surface area contributed by atoms with E-state index in [0.29, 0.717) is 5.56 Å². The van der Waals surface area contributed by atoms with E-state index in [2.05, 4.69) is 10.3 Å². The molecule has 1 heterocycles. The number of hydrogen-bond donors (Lipinski definition) is 2. The van der Waals surface area contributed by atoms with Crippen molar-refractivity contribution >= 4 is 22.6 Å². The first-order valence-electron chi connectivity index (χ1n) is 8.04.